The van der Waals surface area contributed by atoms with Crippen LogP contribution in [0.5, 0.6) is 5.75 Å². The Morgan fingerprint density at radius 1 is 1.22 bits per heavy atom. The molecule has 2 fully saturated rings. The van der Waals surface area contributed by atoms with Gasteiger partial charge in [-0.1, -0.05) is 24.6 Å². The van der Waals surface area contributed by atoms with E-state index in [0.717, 1.165) is 67.5 Å². The van der Waals surface area contributed by atoms with E-state index in [1.807, 2.05) is 31.2 Å². The van der Waals surface area contributed by atoms with Crippen molar-refractivity contribution in [1.29, 1.82) is 0 Å². The number of aliphatic hydroxyl groups is 1. The number of carbonyl (C=O) groups excluding carboxylic acids is 1. The summed E-state index contributed by atoms with van der Waals surface area (Å²) in [5, 5.41) is 11.8. The molecule has 7 heteroatoms. The molecule has 3 aromatic rings. The third-order valence-corrected chi connectivity index (χ3v) is 9.30. The smallest absolute Gasteiger partial charge is 0.225 e. The minimum Gasteiger partial charge on any atom is -0.497 e. The van der Waals surface area contributed by atoms with Gasteiger partial charge in [-0.3, -0.25) is 9.69 Å². The molecule has 1 spiro atoms. The quantitative estimate of drug-likeness (QED) is 0.507. The zero-order chi connectivity index (χ0) is 25.7. The summed E-state index contributed by atoms with van der Waals surface area (Å²) in [6.45, 7) is 4.11. The van der Waals surface area contributed by atoms with E-state index in [4.69, 9.17) is 4.74 Å². The Hall–Kier alpha value is -2.90. The first kappa shape index (κ1) is 24.4. The molecule has 2 atom stereocenters. The number of likely N-dealkylation sites (tertiary alicyclic amines) is 1. The Morgan fingerprint density at radius 2 is 1.97 bits per heavy atom. The second-order valence-corrected chi connectivity index (χ2v) is 11.1. The van der Waals surface area contributed by atoms with Crippen LogP contribution in [-0.2, 0) is 10.2 Å². The number of methoxy groups -OCH3 is 1. The molecule has 0 radical (unpaired) electrons. The van der Waals surface area contributed by atoms with Gasteiger partial charge in [0.1, 0.15) is 11.6 Å². The summed E-state index contributed by atoms with van der Waals surface area (Å²) in [7, 11) is 1.66. The average molecular weight is 506 g/mol. The molecule has 6 rings (SSSR count). The van der Waals surface area contributed by atoms with Gasteiger partial charge in [-0.15, -0.1) is 0 Å². The molecule has 3 aliphatic rings. The molecule has 1 aromatic heterocycles. The van der Waals surface area contributed by atoms with Crippen LogP contribution in [0.2, 0.25) is 0 Å². The monoisotopic (exact) mass is 505 g/mol. The number of piperidine rings is 1. The predicted octanol–water partition coefficient (Wildman–Crippen LogP) is 5.09. The van der Waals surface area contributed by atoms with Crippen molar-refractivity contribution in [3.8, 4) is 5.75 Å². The van der Waals surface area contributed by atoms with Gasteiger partial charge in [0, 0.05) is 65.2 Å². The number of aromatic amines is 1. The number of amides is 1. The number of rotatable bonds is 5. The van der Waals surface area contributed by atoms with Crippen LogP contribution in [0.1, 0.15) is 67.9 Å². The van der Waals surface area contributed by atoms with E-state index in [-0.39, 0.29) is 35.8 Å². The zero-order valence-electron chi connectivity index (χ0n) is 21.7. The fraction of sp³-hybridized carbons (Fsp3) is 0.500. The lowest BCUT2D eigenvalue weighted by Gasteiger charge is -2.52. The topological polar surface area (TPSA) is 68.8 Å². The number of halogens is 1. The molecular formula is C30H36FN3O3. The highest BCUT2D eigenvalue weighted by Crippen LogP contribution is 2.51. The van der Waals surface area contributed by atoms with Gasteiger partial charge in [0.25, 0.3) is 0 Å². The largest absolute Gasteiger partial charge is 0.497 e. The molecular weight excluding hydrogens is 469 g/mol. The van der Waals surface area contributed by atoms with Gasteiger partial charge in [-0.2, -0.15) is 0 Å². The van der Waals surface area contributed by atoms with Crippen LogP contribution < -0.4 is 4.74 Å². The molecule has 1 amide bonds. The Bertz CT molecular complexity index is 1310. The Balaban J connectivity index is 1.43. The number of hydrogen-bond donors (Lipinski definition) is 2. The molecule has 2 aromatic carbocycles. The summed E-state index contributed by atoms with van der Waals surface area (Å²) in [6.07, 6.45) is 4.87. The average Bonchev–Trinajstić information content (AvgIpc) is 3.27. The lowest BCUT2D eigenvalue weighted by molar-refractivity contribution is -0.140. The fourth-order valence-corrected chi connectivity index (χ4v) is 6.92. The van der Waals surface area contributed by atoms with E-state index in [1.54, 1.807) is 13.2 Å². The molecule has 0 bridgehead atoms. The minimum absolute atomic E-state index is 0.0713. The van der Waals surface area contributed by atoms with Crippen molar-refractivity contribution in [2.45, 2.75) is 56.5 Å². The molecule has 2 N–H and O–H groups in total. The molecule has 2 aliphatic heterocycles. The highest BCUT2D eigenvalue weighted by molar-refractivity contribution is 5.88. The summed E-state index contributed by atoms with van der Waals surface area (Å²) in [4.78, 5) is 21.0. The van der Waals surface area contributed by atoms with E-state index in [9.17, 15) is 14.3 Å². The van der Waals surface area contributed by atoms with Crippen molar-refractivity contribution in [3.05, 3.63) is 65.1 Å². The van der Waals surface area contributed by atoms with E-state index in [1.165, 1.54) is 11.6 Å². The van der Waals surface area contributed by atoms with Crippen LogP contribution in [0, 0.1) is 11.7 Å². The van der Waals surface area contributed by atoms with Gasteiger partial charge in [-0.25, -0.2) is 4.39 Å². The van der Waals surface area contributed by atoms with Crippen molar-refractivity contribution in [3.63, 3.8) is 0 Å². The van der Waals surface area contributed by atoms with Crippen LogP contribution in [0.4, 0.5) is 4.39 Å². The Kier molecular flexibility index (Phi) is 6.24. The number of H-pyrrole nitrogens is 1. The summed E-state index contributed by atoms with van der Waals surface area (Å²) in [6, 6.07) is 12.5. The normalized spacial score (nSPS) is 22.6. The summed E-state index contributed by atoms with van der Waals surface area (Å²) >= 11 is 0. The number of aromatic nitrogens is 1. The molecule has 1 saturated carbocycles. The maximum absolute atomic E-state index is 14.9. The second kappa shape index (κ2) is 9.44. The van der Waals surface area contributed by atoms with Crippen LogP contribution in [-0.4, -0.2) is 59.1 Å². The molecule has 6 nitrogen and oxygen atoms in total. The Morgan fingerprint density at radius 3 is 2.62 bits per heavy atom. The molecule has 3 heterocycles. The molecule has 0 unspecified atom stereocenters. The number of fused-ring (bicyclic) bond motifs is 4. The fourth-order valence-electron chi connectivity index (χ4n) is 6.92. The standard InChI is InChI=1S/C30H36FN3O3/c1-19(22-8-3-4-9-24(22)31)34-18-30(12-14-33(15-13-30)29(36)20-6-5-7-20)27-23-11-10-21(37-2)16-25(23)32-28(27)26(34)17-35/h3-4,8-11,16,19-20,26,32,35H,5-7,12-15,17-18H2,1-2H3/t19-,26+/m0/s1. The van der Waals surface area contributed by atoms with Crippen LogP contribution in [0.15, 0.2) is 42.5 Å². The number of ether oxygens (including phenoxy) is 1. The van der Waals surface area contributed by atoms with Crippen molar-refractivity contribution >= 4 is 16.8 Å². The minimum atomic E-state index is -0.289. The lowest BCUT2D eigenvalue weighted by Crippen LogP contribution is -2.55. The number of nitrogens with one attached hydrogen (secondary N) is 1. The summed E-state index contributed by atoms with van der Waals surface area (Å²) in [5.41, 5.74) is 3.66. The molecule has 1 aliphatic carbocycles. The number of benzene rings is 2. The van der Waals surface area contributed by atoms with Gasteiger partial charge < -0.3 is 19.7 Å². The number of nitrogens with zero attached hydrogens (tertiary/aromatic N) is 2. The molecule has 37 heavy (non-hydrogen) atoms. The van der Waals surface area contributed by atoms with Crippen molar-refractivity contribution in [2.75, 3.05) is 33.4 Å². The van der Waals surface area contributed by atoms with Crippen LogP contribution in [0.25, 0.3) is 10.9 Å². The van der Waals surface area contributed by atoms with Crippen LogP contribution >= 0.6 is 0 Å². The van der Waals surface area contributed by atoms with Crippen molar-refractivity contribution in [1.82, 2.24) is 14.8 Å². The van der Waals surface area contributed by atoms with E-state index in [2.05, 4.69) is 20.9 Å². The third kappa shape index (κ3) is 3.94. The molecule has 196 valence electrons. The van der Waals surface area contributed by atoms with Gasteiger partial charge in [-0.05, 0) is 56.4 Å². The van der Waals surface area contributed by atoms with Crippen molar-refractivity contribution in [2.24, 2.45) is 5.92 Å². The van der Waals surface area contributed by atoms with Gasteiger partial charge in [0.2, 0.25) is 5.91 Å². The van der Waals surface area contributed by atoms with Gasteiger partial charge in [0.05, 0.1) is 19.8 Å². The number of carbonyl (C=O) groups is 1. The summed E-state index contributed by atoms with van der Waals surface area (Å²) < 4.78 is 20.4. The third-order valence-electron chi connectivity index (χ3n) is 9.30. The molecule has 1 saturated heterocycles. The van der Waals surface area contributed by atoms with Crippen molar-refractivity contribution < 1.29 is 19.0 Å². The Labute approximate surface area is 217 Å². The van der Waals surface area contributed by atoms with E-state index >= 15 is 0 Å². The number of aliphatic hydroxyl groups excluding tert-OH is 1. The zero-order valence-corrected chi connectivity index (χ0v) is 21.7. The highest BCUT2D eigenvalue weighted by Gasteiger charge is 2.49. The second-order valence-electron chi connectivity index (χ2n) is 11.1. The number of hydrogen-bond acceptors (Lipinski definition) is 4. The lowest BCUT2D eigenvalue weighted by atomic mass is 9.67. The predicted molar refractivity (Wildman–Crippen MR) is 141 cm³/mol. The van der Waals surface area contributed by atoms with E-state index in [0.29, 0.717) is 18.0 Å². The summed E-state index contributed by atoms with van der Waals surface area (Å²) in [5.74, 6) is 1.06. The maximum Gasteiger partial charge on any atom is 0.225 e. The first-order chi connectivity index (χ1) is 18.0. The van der Waals surface area contributed by atoms with Gasteiger partial charge >= 0.3 is 0 Å². The van der Waals surface area contributed by atoms with Crippen LogP contribution in [0.3, 0.4) is 0 Å². The highest BCUT2D eigenvalue weighted by atomic mass is 19.1. The SMILES string of the molecule is COc1ccc2c3c([nH]c2c1)[C@@H](CO)N([C@@H](C)c1ccccc1F)CC31CCN(C(=O)C2CCC2)CC1. The van der Waals surface area contributed by atoms with E-state index < -0.39 is 0 Å². The maximum atomic E-state index is 14.9. The van der Waals surface area contributed by atoms with Gasteiger partial charge in [0.15, 0.2) is 0 Å². The first-order valence-electron chi connectivity index (χ1n) is 13.6. The first-order valence-corrected chi connectivity index (χ1v) is 13.6.